The second kappa shape index (κ2) is 4.90. The summed E-state index contributed by atoms with van der Waals surface area (Å²) in [5.41, 5.74) is 7.51. The molecular weight excluding hydrogens is 226 g/mol. The van der Waals surface area contributed by atoms with Gasteiger partial charge in [0.05, 0.1) is 13.2 Å². The third kappa shape index (κ3) is 2.02. The molecule has 3 heteroatoms. The summed E-state index contributed by atoms with van der Waals surface area (Å²) in [6, 6.07) is 8.39. The number of nitrogens with two attached hydrogens (primary N) is 1. The van der Waals surface area contributed by atoms with Gasteiger partial charge in [-0.2, -0.15) is 0 Å². The lowest BCUT2D eigenvalue weighted by Crippen LogP contribution is -2.40. The van der Waals surface area contributed by atoms with E-state index in [0.717, 1.165) is 5.75 Å². The van der Waals surface area contributed by atoms with E-state index >= 15 is 0 Å². The van der Waals surface area contributed by atoms with Gasteiger partial charge in [-0.1, -0.05) is 31.0 Å². The van der Waals surface area contributed by atoms with Crippen molar-refractivity contribution >= 4 is 0 Å². The second-order valence-electron chi connectivity index (χ2n) is 5.47. The summed E-state index contributed by atoms with van der Waals surface area (Å²) in [4.78, 5) is 0. The van der Waals surface area contributed by atoms with E-state index in [9.17, 15) is 0 Å². The SMILES string of the molecule is NCC1(c2ccccc2OC2COC2)CCCC1. The van der Waals surface area contributed by atoms with E-state index in [-0.39, 0.29) is 11.5 Å². The van der Waals surface area contributed by atoms with Gasteiger partial charge < -0.3 is 15.2 Å². The molecule has 0 aromatic heterocycles. The first kappa shape index (κ1) is 12.0. The minimum absolute atomic E-state index is 0.140. The molecule has 0 radical (unpaired) electrons. The Morgan fingerprint density at radius 3 is 2.56 bits per heavy atom. The normalized spacial score (nSPS) is 22.7. The molecule has 3 rings (SSSR count). The van der Waals surface area contributed by atoms with Crippen molar-refractivity contribution in [2.75, 3.05) is 19.8 Å². The highest BCUT2D eigenvalue weighted by atomic mass is 16.6. The highest BCUT2D eigenvalue weighted by Gasteiger charge is 2.37. The Morgan fingerprint density at radius 1 is 1.22 bits per heavy atom. The summed E-state index contributed by atoms with van der Waals surface area (Å²) in [5.74, 6) is 1.01. The van der Waals surface area contributed by atoms with Crippen LogP contribution in [0.4, 0.5) is 0 Å². The van der Waals surface area contributed by atoms with E-state index < -0.39 is 0 Å². The fraction of sp³-hybridized carbons (Fsp3) is 0.600. The van der Waals surface area contributed by atoms with Crippen molar-refractivity contribution in [2.45, 2.75) is 37.2 Å². The van der Waals surface area contributed by atoms with Crippen LogP contribution in [0.3, 0.4) is 0 Å². The largest absolute Gasteiger partial charge is 0.485 e. The smallest absolute Gasteiger partial charge is 0.145 e. The zero-order valence-electron chi connectivity index (χ0n) is 10.7. The molecule has 1 aliphatic carbocycles. The standard InChI is InChI=1S/C15H21NO2/c16-11-15(7-3-4-8-15)13-5-1-2-6-14(13)18-12-9-17-10-12/h1-2,5-6,12H,3-4,7-11,16H2. The molecule has 1 aromatic rings. The molecule has 1 aliphatic heterocycles. The van der Waals surface area contributed by atoms with Crippen LogP contribution in [0.5, 0.6) is 5.75 Å². The van der Waals surface area contributed by atoms with Gasteiger partial charge >= 0.3 is 0 Å². The maximum Gasteiger partial charge on any atom is 0.145 e. The number of ether oxygens (including phenoxy) is 2. The third-order valence-corrected chi connectivity index (χ3v) is 4.31. The summed E-state index contributed by atoms with van der Waals surface area (Å²) in [7, 11) is 0. The predicted octanol–water partition coefficient (Wildman–Crippen LogP) is 2.23. The first-order valence-corrected chi connectivity index (χ1v) is 6.88. The van der Waals surface area contributed by atoms with Crippen molar-refractivity contribution in [2.24, 2.45) is 5.73 Å². The van der Waals surface area contributed by atoms with Gasteiger partial charge in [0, 0.05) is 17.5 Å². The van der Waals surface area contributed by atoms with Crippen LogP contribution >= 0.6 is 0 Å². The molecule has 1 saturated heterocycles. The Hall–Kier alpha value is -1.06. The Balaban J connectivity index is 1.89. The molecule has 0 spiro atoms. The minimum Gasteiger partial charge on any atom is -0.485 e. The van der Waals surface area contributed by atoms with Gasteiger partial charge in [0.1, 0.15) is 11.9 Å². The highest BCUT2D eigenvalue weighted by Crippen LogP contribution is 2.44. The fourth-order valence-electron chi connectivity index (χ4n) is 3.10. The number of hydrogen-bond donors (Lipinski definition) is 1. The summed E-state index contributed by atoms with van der Waals surface area (Å²) in [5, 5.41) is 0. The van der Waals surface area contributed by atoms with Gasteiger partial charge in [0.15, 0.2) is 0 Å². The molecule has 18 heavy (non-hydrogen) atoms. The van der Waals surface area contributed by atoms with Crippen LogP contribution < -0.4 is 10.5 Å². The van der Waals surface area contributed by atoms with Gasteiger partial charge in [0.2, 0.25) is 0 Å². The van der Waals surface area contributed by atoms with Crippen LogP contribution in [0.15, 0.2) is 24.3 Å². The van der Waals surface area contributed by atoms with E-state index in [0.29, 0.717) is 19.8 Å². The lowest BCUT2D eigenvalue weighted by atomic mass is 9.78. The zero-order chi connectivity index (χ0) is 12.4. The average Bonchev–Trinajstić information content (AvgIpc) is 2.84. The number of rotatable bonds is 4. The maximum absolute atomic E-state index is 6.07. The summed E-state index contributed by atoms with van der Waals surface area (Å²) >= 11 is 0. The van der Waals surface area contributed by atoms with E-state index in [4.69, 9.17) is 15.2 Å². The van der Waals surface area contributed by atoms with Crippen LogP contribution in [0.1, 0.15) is 31.2 Å². The monoisotopic (exact) mass is 247 g/mol. The van der Waals surface area contributed by atoms with Crippen LogP contribution in [-0.2, 0) is 10.2 Å². The third-order valence-electron chi connectivity index (χ3n) is 4.31. The topological polar surface area (TPSA) is 44.5 Å². The zero-order valence-corrected chi connectivity index (χ0v) is 10.7. The Morgan fingerprint density at radius 2 is 1.94 bits per heavy atom. The molecule has 2 N–H and O–H groups in total. The molecule has 0 unspecified atom stereocenters. The van der Waals surface area contributed by atoms with Crippen LogP contribution in [0.25, 0.3) is 0 Å². The van der Waals surface area contributed by atoms with Crippen LogP contribution in [0.2, 0.25) is 0 Å². The number of hydrogen-bond acceptors (Lipinski definition) is 3. The molecule has 1 saturated carbocycles. The molecule has 0 atom stereocenters. The number of benzene rings is 1. The van der Waals surface area contributed by atoms with Crippen LogP contribution in [0, 0.1) is 0 Å². The Bertz CT molecular complexity index is 409. The number of para-hydroxylation sites is 1. The lowest BCUT2D eigenvalue weighted by molar-refractivity contribution is -0.0803. The predicted molar refractivity (Wildman–Crippen MR) is 70.9 cm³/mol. The van der Waals surface area contributed by atoms with Gasteiger partial charge in [-0.15, -0.1) is 0 Å². The maximum atomic E-state index is 6.07. The minimum atomic E-state index is 0.140. The first-order valence-electron chi connectivity index (χ1n) is 6.88. The molecule has 1 heterocycles. The Kier molecular flexibility index (Phi) is 3.27. The van der Waals surface area contributed by atoms with E-state index in [1.807, 2.05) is 6.07 Å². The molecule has 2 aliphatic rings. The Labute approximate surface area is 108 Å². The van der Waals surface area contributed by atoms with Crippen molar-refractivity contribution in [3.63, 3.8) is 0 Å². The molecule has 0 amide bonds. The van der Waals surface area contributed by atoms with Crippen molar-refractivity contribution in [1.29, 1.82) is 0 Å². The fourth-order valence-corrected chi connectivity index (χ4v) is 3.10. The van der Waals surface area contributed by atoms with Gasteiger partial charge in [0.25, 0.3) is 0 Å². The molecule has 1 aromatic carbocycles. The van der Waals surface area contributed by atoms with Crippen molar-refractivity contribution in [3.05, 3.63) is 29.8 Å². The van der Waals surface area contributed by atoms with E-state index in [1.54, 1.807) is 0 Å². The van der Waals surface area contributed by atoms with Crippen LogP contribution in [-0.4, -0.2) is 25.9 Å². The molecule has 0 bridgehead atoms. The molecule has 2 fully saturated rings. The van der Waals surface area contributed by atoms with Gasteiger partial charge in [-0.05, 0) is 18.9 Å². The van der Waals surface area contributed by atoms with Crippen molar-refractivity contribution < 1.29 is 9.47 Å². The van der Waals surface area contributed by atoms with E-state index in [1.165, 1.54) is 31.2 Å². The highest BCUT2D eigenvalue weighted by molar-refractivity contribution is 5.41. The summed E-state index contributed by atoms with van der Waals surface area (Å²) < 4.78 is 11.2. The summed E-state index contributed by atoms with van der Waals surface area (Å²) in [6.45, 7) is 2.14. The average molecular weight is 247 g/mol. The lowest BCUT2D eigenvalue weighted by Gasteiger charge is -2.33. The molecule has 3 nitrogen and oxygen atoms in total. The van der Waals surface area contributed by atoms with Gasteiger partial charge in [-0.25, -0.2) is 0 Å². The van der Waals surface area contributed by atoms with E-state index in [2.05, 4.69) is 18.2 Å². The molecule has 98 valence electrons. The summed E-state index contributed by atoms with van der Waals surface area (Å²) in [6.07, 6.45) is 5.15. The van der Waals surface area contributed by atoms with Crippen molar-refractivity contribution in [1.82, 2.24) is 0 Å². The molecular formula is C15H21NO2. The van der Waals surface area contributed by atoms with Gasteiger partial charge in [-0.3, -0.25) is 0 Å². The first-order chi connectivity index (χ1) is 8.84. The second-order valence-corrected chi connectivity index (χ2v) is 5.47. The van der Waals surface area contributed by atoms with Crippen molar-refractivity contribution in [3.8, 4) is 5.75 Å². The quantitative estimate of drug-likeness (QED) is 0.887.